The summed E-state index contributed by atoms with van der Waals surface area (Å²) in [6, 6.07) is -1.03. The lowest BCUT2D eigenvalue weighted by Gasteiger charge is -2.41. The lowest BCUT2D eigenvalue weighted by Crippen LogP contribution is -2.61. The highest BCUT2D eigenvalue weighted by Crippen LogP contribution is 2.26. The number of unbranched alkanes of at least 4 members (excludes halogenated alkanes) is 32. The Labute approximate surface area is 452 Å². The van der Waals surface area contributed by atoms with Crippen LogP contribution in [0.15, 0.2) is 60.8 Å². The van der Waals surface area contributed by atoms with Gasteiger partial charge in [0.25, 0.3) is 0 Å². The third-order valence-corrected chi connectivity index (χ3v) is 14.3. The predicted molar refractivity (Wildman–Crippen MR) is 306 cm³/mol. The van der Waals surface area contributed by atoms with Gasteiger partial charge < -0.3 is 45.1 Å². The lowest BCUT2D eigenvalue weighted by molar-refractivity contribution is -0.305. The molecule has 11 nitrogen and oxygen atoms in total. The van der Waals surface area contributed by atoms with Crippen LogP contribution < -0.4 is 5.32 Å². The first kappa shape index (κ1) is 69.4. The van der Waals surface area contributed by atoms with E-state index >= 15 is 0 Å². The van der Waals surface area contributed by atoms with E-state index in [4.69, 9.17) is 14.2 Å². The van der Waals surface area contributed by atoms with Gasteiger partial charge in [-0.15, -0.1) is 0 Å². The van der Waals surface area contributed by atoms with Crippen molar-refractivity contribution in [2.45, 2.75) is 314 Å². The van der Waals surface area contributed by atoms with E-state index in [1.54, 1.807) is 6.08 Å². The molecule has 1 aliphatic heterocycles. The Balaban J connectivity index is 2.69. The third kappa shape index (κ3) is 38.8. The molecule has 0 aromatic heterocycles. The third-order valence-electron chi connectivity index (χ3n) is 14.3. The molecule has 0 spiro atoms. The summed E-state index contributed by atoms with van der Waals surface area (Å²) >= 11 is 0. The fourth-order valence-corrected chi connectivity index (χ4v) is 9.43. The highest BCUT2D eigenvalue weighted by Gasteiger charge is 2.47. The molecular weight excluding hydrogens is 931 g/mol. The molecule has 8 unspecified atom stereocenters. The fourth-order valence-electron chi connectivity index (χ4n) is 9.43. The van der Waals surface area contributed by atoms with Gasteiger partial charge in [0.15, 0.2) is 12.4 Å². The van der Waals surface area contributed by atoms with Gasteiger partial charge in [-0.1, -0.05) is 274 Å². The van der Waals surface area contributed by atoms with Gasteiger partial charge in [0.1, 0.15) is 24.4 Å². The standard InChI is InChI=1S/C63H113NO10/c1-4-7-10-13-16-19-22-25-27-28-29-31-32-35-38-41-44-47-50-56(67)62(71)64-54(55(66)49-46-43-40-37-34-24-21-18-15-12-9-6-3)53-72-63-61(60(70)59(69)57(52-65)73-63)74-58(68)51-48-45-42-39-36-33-30-26-23-20-17-14-11-8-5-2/h8,11,14,17,20,23,26,30,46,49,54-57,59-61,63,65-67,69-70H,4-7,9-10,12-13,15-16,18-19,21-22,24-25,27-29,31-45,47-48,50-53H2,1-3H3,(H,64,71)/b11-8+,17-14+,23-20+,30-26-,49-46+. The first-order valence-corrected chi connectivity index (χ1v) is 30.6. The second kappa shape index (κ2) is 51.1. The summed E-state index contributed by atoms with van der Waals surface area (Å²) in [5, 5.41) is 56.9. The van der Waals surface area contributed by atoms with Crippen LogP contribution in [0, 0.1) is 0 Å². The van der Waals surface area contributed by atoms with Crippen molar-refractivity contribution in [3.05, 3.63) is 60.8 Å². The summed E-state index contributed by atoms with van der Waals surface area (Å²) < 4.78 is 17.6. The highest BCUT2D eigenvalue weighted by molar-refractivity contribution is 5.80. The van der Waals surface area contributed by atoms with E-state index in [1.807, 2.05) is 42.5 Å². The van der Waals surface area contributed by atoms with E-state index < -0.39 is 67.4 Å². The molecule has 1 amide bonds. The predicted octanol–water partition coefficient (Wildman–Crippen LogP) is 14.2. The number of hydrogen-bond donors (Lipinski definition) is 6. The molecule has 0 aromatic rings. The first-order valence-electron chi connectivity index (χ1n) is 30.6. The molecule has 1 saturated heterocycles. The Morgan fingerprint density at radius 2 is 0.973 bits per heavy atom. The number of allylic oxidation sites excluding steroid dienone is 9. The lowest BCUT2D eigenvalue weighted by atomic mass is 9.99. The van der Waals surface area contributed by atoms with Gasteiger partial charge in [0.2, 0.25) is 5.91 Å². The van der Waals surface area contributed by atoms with Gasteiger partial charge in [-0.05, 0) is 44.9 Å². The van der Waals surface area contributed by atoms with Gasteiger partial charge in [-0.25, -0.2) is 0 Å². The number of aliphatic hydroxyl groups is 5. The Morgan fingerprint density at radius 3 is 1.46 bits per heavy atom. The minimum absolute atomic E-state index is 0.0970. The number of amides is 1. The van der Waals surface area contributed by atoms with Crippen LogP contribution in [0.2, 0.25) is 0 Å². The maximum Gasteiger partial charge on any atom is 0.306 e. The number of ether oxygens (including phenoxy) is 3. The quantitative estimate of drug-likeness (QED) is 0.0149. The minimum atomic E-state index is -1.62. The molecule has 0 saturated carbocycles. The highest BCUT2D eigenvalue weighted by atomic mass is 16.7. The van der Waals surface area contributed by atoms with Crippen LogP contribution in [0.1, 0.15) is 265 Å². The van der Waals surface area contributed by atoms with Gasteiger partial charge in [0, 0.05) is 6.42 Å². The monoisotopic (exact) mass is 1040 g/mol. The number of aliphatic hydroxyl groups excluding tert-OH is 5. The number of rotatable bonds is 51. The van der Waals surface area contributed by atoms with Crippen molar-refractivity contribution in [1.82, 2.24) is 5.32 Å². The van der Waals surface area contributed by atoms with E-state index in [9.17, 15) is 35.1 Å². The molecule has 430 valence electrons. The van der Waals surface area contributed by atoms with Gasteiger partial charge in [-0.3, -0.25) is 9.59 Å². The van der Waals surface area contributed by atoms with E-state index in [2.05, 4.69) is 38.2 Å². The van der Waals surface area contributed by atoms with Crippen LogP contribution >= 0.6 is 0 Å². The summed E-state index contributed by atoms with van der Waals surface area (Å²) in [5.41, 5.74) is 0. The Kier molecular flexibility index (Phi) is 47.9. The van der Waals surface area contributed by atoms with Crippen molar-refractivity contribution >= 4 is 11.9 Å². The number of carbonyl (C=O) groups is 2. The van der Waals surface area contributed by atoms with Crippen LogP contribution in [-0.4, -0.2) is 99.6 Å². The summed E-state index contributed by atoms with van der Waals surface area (Å²) in [6.07, 6.45) is 52.6. The Hall–Kier alpha value is -2.64. The smallest absolute Gasteiger partial charge is 0.306 e. The molecule has 6 N–H and O–H groups in total. The van der Waals surface area contributed by atoms with Crippen molar-refractivity contribution in [3.63, 3.8) is 0 Å². The van der Waals surface area contributed by atoms with Crippen LogP contribution in [0.3, 0.4) is 0 Å². The van der Waals surface area contributed by atoms with Gasteiger partial charge in [0.05, 0.1) is 25.4 Å². The number of carbonyl (C=O) groups excluding carboxylic acids is 2. The molecule has 0 radical (unpaired) electrons. The number of hydrogen-bond acceptors (Lipinski definition) is 10. The average molecular weight is 1040 g/mol. The largest absolute Gasteiger partial charge is 0.454 e. The molecule has 1 fully saturated rings. The number of nitrogens with one attached hydrogen (secondary N) is 1. The maximum absolute atomic E-state index is 13.4. The van der Waals surface area contributed by atoms with Gasteiger partial charge in [-0.2, -0.15) is 0 Å². The van der Waals surface area contributed by atoms with Crippen molar-refractivity contribution in [1.29, 1.82) is 0 Å². The molecule has 0 aliphatic carbocycles. The van der Waals surface area contributed by atoms with Gasteiger partial charge >= 0.3 is 5.97 Å². The van der Waals surface area contributed by atoms with E-state index in [0.717, 1.165) is 77.0 Å². The molecule has 1 rings (SSSR count). The fraction of sp³-hybridized carbons (Fsp3) is 0.810. The number of esters is 1. The summed E-state index contributed by atoms with van der Waals surface area (Å²) in [6.45, 7) is 5.65. The molecule has 8 atom stereocenters. The first-order chi connectivity index (χ1) is 36.2. The van der Waals surface area contributed by atoms with Crippen molar-refractivity contribution in [2.75, 3.05) is 13.2 Å². The van der Waals surface area contributed by atoms with Crippen molar-refractivity contribution in [2.24, 2.45) is 0 Å². The normalized spacial score (nSPS) is 19.7. The van der Waals surface area contributed by atoms with Crippen LogP contribution in [0.5, 0.6) is 0 Å². The summed E-state index contributed by atoms with van der Waals surface area (Å²) in [7, 11) is 0. The van der Waals surface area contributed by atoms with Crippen molar-refractivity contribution in [3.8, 4) is 0 Å². The summed E-state index contributed by atoms with van der Waals surface area (Å²) in [4.78, 5) is 26.5. The molecule has 0 bridgehead atoms. The molecule has 1 aliphatic rings. The van der Waals surface area contributed by atoms with Crippen LogP contribution in [0.25, 0.3) is 0 Å². The SMILES string of the molecule is CC/C=C/C=C/C=C/C=C\CCCCCCCC(=O)OC1C(OCC(NC(=O)C(O)CCCCCCCCCCCCCCCCCCCC)C(O)/C=C/CCCCCCCCCCCC)OC(CO)C(O)C1O. The molecule has 74 heavy (non-hydrogen) atoms. The minimum Gasteiger partial charge on any atom is -0.454 e. The van der Waals surface area contributed by atoms with E-state index in [-0.39, 0.29) is 13.0 Å². The topological polar surface area (TPSA) is 175 Å². The zero-order valence-electron chi connectivity index (χ0n) is 47.5. The average Bonchev–Trinajstić information content (AvgIpc) is 3.40. The zero-order valence-corrected chi connectivity index (χ0v) is 47.5. The van der Waals surface area contributed by atoms with Crippen molar-refractivity contribution < 1.29 is 49.3 Å². The Morgan fingerprint density at radius 1 is 0.541 bits per heavy atom. The molecule has 0 aromatic carbocycles. The Bertz CT molecular complexity index is 1430. The summed E-state index contributed by atoms with van der Waals surface area (Å²) in [5.74, 6) is -1.21. The molecular formula is C63H113NO10. The van der Waals surface area contributed by atoms with E-state index in [1.165, 1.54) is 141 Å². The molecule has 11 heteroatoms. The van der Waals surface area contributed by atoms with Crippen LogP contribution in [-0.2, 0) is 23.8 Å². The molecule has 1 heterocycles. The second-order valence-corrected chi connectivity index (χ2v) is 21.2. The maximum atomic E-state index is 13.4. The van der Waals surface area contributed by atoms with Crippen LogP contribution in [0.4, 0.5) is 0 Å². The van der Waals surface area contributed by atoms with E-state index in [0.29, 0.717) is 19.3 Å². The zero-order chi connectivity index (χ0) is 54.0. The second-order valence-electron chi connectivity index (χ2n) is 21.2.